The molecule has 110 valence electrons. The minimum absolute atomic E-state index is 0.156. The van der Waals surface area contributed by atoms with Gasteiger partial charge in [-0.2, -0.15) is 0 Å². The lowest BCUT2D eigenvalue weighted by Crippen LogP contribution is -2.47. The molecular formula is C16H25N3O. The molecule has 2 heterocycles. The van der Waals surface area contributed by atoms with Gasteiger partial charge in [-0.3, -0.25) is 14.7 Å². The normalized spacial score (nSPS) is 17.9. The van der Waals surface area contributed by atoms with E-state index >= 15 is 0 Å². The summed E-state index contributed by atoms with van der Waals surface area (Å²) in [6.45, 7) is 8.89. The molecule has 1 amide bonds. The Balaban J connectivity index is 1.77. The zero-order valence-corrected chi connectivity index (χ0v) is 12.7. The summed E-state index contributed by atoms with van der Waals surface area (Å²) in [5, 5.41) is 3.17. The van der Waals surface area contributed by atoms with E-state index in [1.807, 2.05) is 33.0 Å². The Morgan fingerprint density at radius 3 is 2.65 bits per heavy atom. The number of carbonyl (C=O) groups is 1. The Bertz CT molecular complexity index is 431. The highest BCUT2D eigenvalue weighted by atomic mass is 16.2. The first-order valence-electron chi connectivity index (χ1n) is 7.37. The highest BCUT2D eigenvalue weighted by Crippen LogP contribution is 2.17. The predicted octanol–water partition coefficient (Wildman–Crippen LogP) is 2.21. The molecule has 0 atom stereocenters. The zero-order chi connectivity index (χ0) is 14.6. The van der Waals surface area contributed by atoms with E-state index in [0.29, 0.717) is 6.04 Å². The molecule has 0 aliphatic carbocycles. The maximum Gasteiger partial charge on any atom is 0.225 e. The number of nitrogens with one attached hydrogen (secondary N) is 1. The van der Waals surface area contributed by atoms with Crippen LogP contribution in [0.1, 0.15) is 39.2 Å². The Labute approximate surface area is 121 Å². The molecular weight excluding hydrogens is 250 g/mol. The van der Waals surface area contributed by atoms with E-state index in [-0.39, 0.29) is 11.3 Å². The van der Waals surface area contributed by atoms with Gasteiger partial charge in [-0.25, -0.2) is 0 Å². The van der Waals surface area contributed by atoms with Gasteiger partial charge >= 0.3 is 0 Å². The summed E-state index contributed by atoms with van der Waals surface area (Å²) in [5.41, 5.74) is 0.956. The van der Waals surface area contributed by atoms with E-state index in [0.717, 1.165) is 32.5 Å². The molecule has 1 saturated heterocycles. The van der Waals surface area contributed by atoms with Crippen LogP contribution in [0.2, 0.25) is 0 Å². The lowest BCUT2D eigenvalue weighted by molar-refractivity contribution is -0.129. The molecule has 1 N–H and O–H groups in total. The summed E-state index contributed by atoms with van der Waals surface area (Å²) < 4.78 is 0. The van der Waals surface area contributed by atoms with Crippen LogP contribution < -0.4 is 5.32 Å². The molecule has 0 unspecified atom stereocenters. The number of rotatable bonds is 3. The van der Waals surface area contributed by atoms with Crippen LogP contribution in [0.3, 0.4) is 0 Å². The third-order valence-electron chi connectivity index (χ3n) is 3.73. The second kappa shape index (κ2) is 6.35. The van der Waals surface area contributed by atoms with Gasteiger partial charge in [0.1, 0.15) is 0 Å². The molecule has 1 aromatic heterocycles. The molecule has 4 heteroatoms. The highest BCUT2D eigenvalue weighted by Gasteiger charge is 2.26. The molecule has 1 aliphatic rings. The Kier molecular flexibility index (Phi) is 4.76. The first kappa shape index (κ1) is 15.0. The fourth-order valence-corrected chi connectivity index (χ4v) is 2.39. The van der Waals surface area contributed by atoms with Crippen LogP contribution in [0, 0.1) is 5.41 Å². The number of likely N-dealkylation sites (tertiary alicyclic amines) is 1. The summed E-state index contributed by atoms with van der Waals surface area (Å²) in [6.07, 6.45) is 5.79. The molecule has 0 aromatic carbocycles. The van der Waals surface area contributed by atoms with Crippen molar-refractivity contribution in [2.45, 2.75) is 46.2 Å². The van der Waals surface area contributed by atoms with Crippen LogP contribution in [0.15, 0.2) is 24.5 Å². The fraction of sp³-hybridized carbons (Fsp3) is 0.625. The van der Waals surface area contributed by atoms with Gasteiger partial charge in [0.2, 0.25) is 5.91 Å². The van der Waals surface area contributed by atoms with Crippen LogP contribution in [0.5, 0.6) is 0 Å². The number of piperidine rings is 1. The molecule has 2 rings (SSSR count). The number of hydrogen-bond donors (Lipinski definition) is 1. The fourth-order valence-electron chi connectivity index (χ4n) is 2.39. The van der Waals surface area contributed by atoms with Crippen LogP contribution in [-0.4, -0.2) is 34.9 Å². The van der Waals surface area contributed by atoms with E-state index in [1.54, 1.807) is 6.20 Å². The van der Waals surface area contributed by atoms with Crippen LogP contribution in [-0.2, 0) is 11.3 Å². The molecule has 4 nitrogen and oxygen atoms in total. The van der Waals surface area contributed by atoms with E-state index in [1.165, 1.54) is 5.56 Å². The standard InChI is InChI=1S/C16H25N3O/c1-16(2,3)15(20)18-14-6-9-19(10-7-14)12-13-5-4-8-17-11-13/h4-5,8,11,14H,6-7,9-10,12H2,1-3H3,(H,18,20). The quantitative estimate of drug-likeness (QED) is 0.920. The average molecular weight is 275 g/mol. The molecule has 0 bridgehead atoms. The third kappa shape index (κ3) is 4.30. The monoisotopic (exact) mass is 275 g/mol. The van der Waals surface area contributed by atoms with Gasteiger partial charge in [0.15, 0.2) is 0 Å². The number of hydrogen-bond acceptors (Lipinski definition) is 3. The molecule has 1 aromatic rings. The smallest absolute Gasteiger partial charge is 0.225 e. The minimum atomic E-state index is -0.299. The number of aromatic nitrogens is 1. The van der Waals surface area contributed by atoms with Gasteiger partial charge in [0, 0.05) is 43.5 Å². The molecule has 1 aliphatic heterocycles. The van der Waals surface area contributed by atoms with E-state index in [4.69, 9.17) is 0 Å². The zero-order valence-electron chi connectivity index (χ0n) is 12.7. The number of nitrogens with zero attached hydrogens (tertiary/aromatic N) is 2. The van der Waals surface area contributed by atoms with Gasteiger partial charge in [-0.1, -0.05) is 26.8 Å². The molecule has 0 spiro atoms. The maximum atomic E-state index is 12.0. The van der Waals surface area contributed by atoms with Crippen molar-refractivity contribution in [1.82, 2.24) is 15.2 Å². The van der Waals surface area contributed by atoms with Gasteiger partial charge < -0.3 is 5.32 Å². The van der Waals surface area contributed by atoms with Gasteiger partial charge in [0.05, 0.1) is 0 Å². The largest absolute Gasteiger partial charge is 0.353 e. The van der Waals surface area contributed by atoms with Crippen molar-refractivity contribution in [3.05, 3.63) is 30.1 Å². The lowest BCUT2D eigenvalue weighted by Gasteiger charge is -2.33. The van der Waals surface area contributed by atoms with Crippen LogP contribution >= 0.6 is 0 Å². The summed E-state index contributed by atoms with van der Waals surface area (Å²) in [7, 11) is 0. The van der Waals surface area contributed by atoms with Crippen molar-refractivity contribution in [1.29, 1.82) is 0 Å². The van der Waals surface area contributed by atoms with Crippen molar-refractivity contribution >= 4 is 5.91 Å². The van der Waals surface area contributed by atoms with Gasteiger partial charge in [-0.05, 0) is 24.5 Å². The van der Waals surface area contributed by atoms with Crippen molar-refractivity contribution in [2.75, 3.05) is 13.1 Å². The van der Waals surface area contributed by atoms with E-state index in [2.05, 4.69) is 21.3 Å². The van der Waals surface area contributed by atoms with E-state index in [9.17, 15) is 4.79 Å². The number of pyridine rings is 1. The second-order valence-electron chi connectivity index (χ2n) is 6.64. The average Bonchev–Trinajstić information content (AvgIpc) is 2.41. The minimum Gasteiger partial charge on any atom is -0.353 e. The molecule has 20 heavy (non-hydrogen) atoms. The first-order valence-corrected chi connectivity index (χ1v) is 7.37. The summed E-state index contributed by atoms with van der Waals surface area (Å²) >= 11 is 0. The Morgan fingerprint density at radius 2 is 2.10 bits per heavy atom. The lowest BCUT2D eigenvalue weighted by atomic mass is 9.94. The van der Waals surface area contributed by atoms with Gasteiger partial charge in [-0.15, -0.1) is 0 Å². The topological polar surface area (TPSA) is 45.2 Å². The number of amides is 1. The van der Waals surface area contributed by atoms with Crippen molar-refractivity contribution < 1.29 is 4.79 Å². The maximum absolute atomic E-state index is 12.0. The Hall–Kier alpha value is -1.42. The molecule has 1 fully saturated rings. The van der Waals surface area contributed by atoms with Crippen molar-refractivity contribution in [3.63, 3.8) is 0 Å². The summed E-state index contributed by atoms with van der Waals surface area (Å²) in [5.74, 6) is 0.156. The number of carbonyl (C=O) groups excluding carboxylic acids is 1. The second-order valence-corrected chi connectivity index (χ2v) is 6.64. The van der Waals surface area contributed by atoms with Crippen LogP contribution in [0.4, 0.5) is 0 Å². The highest BCUT2D eigenvalue weighted by molar-refractivity contribution is 5.81. The molecule has 0 radical (unpaired) electrons. The summed E-state index contributed by atoms with van der Waals surface area (Å²) in [4.78, 5) is 18.5. The predicted molar refractivity (Wildman–Crippen MR) is 80.1 cm³/mol. The van der Waals surface area contributed by atoms with Gasteiger partial charge in [0.25, 0.3) is 0 Å². The van der Waals surface area contributed by atoms with Crippen molar-refractivity contribution in [3.8, 4) is 0 Å². The third-order valence-corrected chi connectivity index (χ3v) is 3.73. The SMILES string of the molecule is CC(C)(C)C(=O)NC1CCN(Cc2cccnc2)CC1. The van der Waals surface area contributed by atoms with E-state index < -0.39 is 0 Å². The Morgan fingerprint density at radius 1 is 1.40 bits per heavy atom. The summed E-state index contributed by atoms with van der Waals surface area (Å²) in [6, 6.07) is 4.42. The molecule has 0 saturated carbocycles. The van der Waals surface area contributed by atoms with Crippen molar-refractivity contribution in [2.24, 2.45) is 5.41 Å². The first-order chi connectivity index (χ1) is 9.45. The van der Waals surface area contributed by atoms with Crippen LogP contribution in [0.25, 0.3) is 0 Å².